The van der Waals surface area contributed by atoms with Crippen LogP contribution in [0.5, 0.6) is 11.6 Å². The van der Waals surface area contributed by atoms with Crippen molar-refractivity contribution in [2.24, 2.45) is 0 Å². The first-order chi connectivity index (χ1) is 8.97. The number of aryl methyl sites for hydroxylation is 1. The lowest BCUT2D eigenvalue weighted by Gasteiger charge is -2.08. The third kappa shape index (κ3) is 2.92. The van der Waals surface area contributed by atoms with Gasteiger partial charge >= 0.3 is 5.69 Å². The summed E-state index contributed by atoms with van der Waals surface area (Å²) in [5.41, 5.74) is 6.68. The summed E-state index contributed by atoms with van der Waals surface area (Å²) in [5.74, 6) is 0.161. The Labute approximate surface area is 113 Å². The van der Waals surface area contributed by atoms with Crippen LogP contribution in [0.25, 0.3) is 0 Å². The molecule has 0 saturated carbocycles. The molecule has 0 aliphatic heterocycles. The van der Waals surface area contributed by atoms with Gasteiger partial charge in [0.05, 0.1) is 10.6 Å². The lowest BCUT2D eigenvalue weighted by molar-refractivity contribution is -0.385. The monoisotopic (exact) mass is 279 g/mol. The van der Waals surface area contributed by atoms with E-state index in [2.05, 4.69) is 4.98 Å². The SMILES string of the molecule is Cc1cnc(Oc2ccc(Cl)cc2[N+](=O)[O-])c(N)c1. The van der Waals surface area contributed by atoms with Crippen LogP contribution in [0.1, 0.15) is 5.56 Å². The number of nitro benzene ring substituents is 1. The van der Waals surface area contributed by atoms with Crippen molar-refractivity contribution in [2.75, 3.05) is 5.73 Å². The Morgan fingerprint density at radius 2 is 2.16 bits per heavy atom. The van der Waals surface area contributed by atoms with Crippen LogP contribution in [0.2, 0.25) is 5.02 Å². The lowest BCUT2D eigenvalue weighted by atomic mass is 10.3. The minimum Gasteiger partial charge on any atom is -0.430 e. The minimum absolute atomic E-state index is 0.0393. The number of nitrogens with zero attached hydrogens (tertiary/aromatic N) is 2. The highest BCUT2D eigenvalue weighted by atomic mass is 35.5. The highest BCUT2D eigenvalue weighted by Crippen LogP contribution is 2.34. The van der Waals surface area contributed by atoms with Crippen LogP contribution in [0.15, 0.2) is 30.5 Å². The number of anilines is 1. The number of hydrogen-bond acceptors (Lipinski definition) is 5. The number of nitrogens with two attached hydrogens (primary N) is 1. The average molecular weight is 280 g/mol. The molecule has 0 aliphatic carbocycles. The molecule has 0 saturated heterocycles. The molecule has 1 aromatic heterocycles. The lowest BCUT2D eigenvalue weighted by Crippen LogP contribution is -1.98. The van der Waals surface area contributed by atoms with E-state index < -0.39 is 4.92 Å². The first-order valence-electron chi connectivity index (χ1n) is 5.31. The molecule has 0 unspecified atom stereocenters. The van der Waals surface area contributed by atoms with E-state index in [-0.39, 0.29) is 22.3 Å². The molecule has 1 aromatic carbocycles. The highest BCUT2D eigenvalue weighted by Gasteiger charge is 2.17. The van der Waals surface area contributed by atoms with Gasteiger partial charge in [-0.25, -0.2) is 4.98 Å². The van der Waals surface area contributed by atoms with Crippen molar-refractivity contribution in [2.45, 2.75) is 6.92 Å². The van der Waals surface area contributed by atoms with Crippen LogP contribution in [0, 0.1) is 17.0 Å². The summed E-state index contributed by atoms with van der Waals surface area (Å²) >= 11 is 5.72. The Morgan fingerprint density at radius 1 is 1.42 bits per heavy atom. The Morgan fingerprint density at radius 3 is 2.79 bits per heavy atom. The summed E-state index contributed by atoms with van der Waals surface area (Å²) in [7, 11) is 0. The van der Waals surface area contributed by atoms with Crippen molar-refractivity contribution in [3.8, 4) is 11.6 Å². The van der Waals surface area contributed by atoms with Gasteiger partial charge in [-0.3, -0.25) is 10.1 Å². The number of ether oxygens (including phenoxy) is 1. The smallest absolute Gasteiger partial charge is 0.313 e. The molecule has 2 rings (SSSR count). The molecule has 2 N–H and O–H groups in total. The zero-order chi connectivity index (χ0) is 14.0. The predicted octanol–water partition coefficient (Wildman–Crippen LogP) is 3.33. The Hall–Kier alpha value is -2.34. The van der Waals surface area contributed by atoms with E-state index in [1.165, 1.54) is 18.2 Å². The third-order valence-corrected chi connectivity index (χ3v) is 2.57. The number of hydrogen-bond donors (Lipinski definition) is 1. The van der Waals surface area contributed by atoms with E-state index in [0.29, 0.717) is 5.69 Å². The summed E-state index contributed by atoms with van der Waals surface area (Å²) in [4.78, 5) is 14.3. The molecule has 0 aliphatic rings. The maximum absolute atomic E-state index is 10.9. The van der Waals surface area contributed by atoms with Crippen LogP contribution < -0.4 is 10.5 Å². The number of rotatable bonds is 3. The first kappa shape index (κ1) is 13.1. The molecule has 0 radical (unpaired) electrons. The zero-order valence-electron chi connectivity index (χ0n) is 9.96. The standard InChI is InChI=1S/C12H10ClN3O3/c1-7-4-9(14)12(15-6-7)19-11-3-2-8(13)5-10(11)16(17)18/h2-6H,14H2,1H3. The number of halogens is 1. The van der Waals surface area contributed by atoms with E-state index in [9.17, 15) is 10.1 Å². The minimum atomic E-state index is -0.578. The van der Waals surface area contributed by atoms with Crippen LogP contribution in [-0.2, 0) is 0 Å². The van der Waals surface area contributed by atoms with Crippen LogP contribution in [-0.4, -0.2) is 9.91 Å². The van der Waals surface area contributed by atoms with Gasteiger partial charge in [0.2, 0.25) is 11.6 Å². The van der Waals surface area contributed by atoms with Crippen molar-refractivity contribution in [3.05, 3.63) is 51.2 Å². The fraction of sp³-hybridized carbons (Fsp3) is 0.0833. The Kier molecular flexibility index (Phi) is 3.52. The molecule has 6 nitrogen and oxygen atoms in total. The van der Waals surface area contributed by atoms with Crippen LogP contribution in [0.4, 0.5) is 11.4 Å². The molecule has 19 heavy (non-hydrogen) atoms. The highest BCUT2D eigenvalue weighted by molar-refractivity contribution is 6.30. The molecule has 7 heteroatoms. The Bertz CT molecular complexity index is 646. The molecule has 0 fully saturated rings. The van der Waals surface area contributed by atoms with Gasteiger partial charge in [0, 0.05) is 17.3 Å². The van der Waals surface area contributed by atoms with Crippen molar-refractivity contribution in [1.82, 2.24) is 4.98 Å². The van der Waals surface area contributed by atoms with Gasteiger partial charge in [0.1, 0.15) is 0 Å². The maximum Gasteiger partial charge on any atom is 0.313 e. The molecular formula is C12H10ClN3O3. The van der Waals surface area contributed by atoms with Crippen LogP contribution in [0.3, 0.4) is 0 Å². The molecule has 2 aromatic rings. The fourth-order valence-electron chi connectivity index (χ4n) is 1.49. The second-order valence-electron chi connectivity index (χ2n) is 3.88. The van der Waals surface area contributed by atoms with Crippen molar-refractivity contribution >= 4 is 23.0 Å². The topological polar surface area (TPSA) is 91.3 Å². The van der Waals surface area contributed by atoms with Gasteiger partial charge in [-0.05, 0) is 30.7 Å². The molecule has 0 atom stereocenters. The quantitative estimate of drug-likeness (QED) is 0.687. The summed E-state index contributed by atoms with van der Waals surface area (Å²) in [6.07, 6.45) is 1.56. The van der Waals surface area contributed by atoms with Gasteiger partial charge in [-0.2, -0.15) is 0 Å². The van der Waals surface area contributed by atoms with E-state index in [0.717, 1.165) is 5.56 Å². The molecule has 1 heterocycles. The Balaban J connectivity index is 2.40. The molecule has 0 amide bonds. The van der Waals surface area contributed by atoms with Crippen molar-refractivity contribution in [3.63, 3.8) is 0 Å². The number of nitro groups is 1. The molecule has 0 spiro atoms. The second-order valence-corrected chi connectivity index (χ2v) is 4.31. The number of pyridine rings is 1. The van der Waals surface area contributed by atoms with E-state index in [1.54, 1.807) is 12.3 Å². The zero-order valence-corrected chi connectivity index (χ0v) is 10.7. The van der Waals surface area contributed by atoms with E-state index >= 15 is 0 Å². The van der Waals surface area contributed by atoms with Gasteiger partial charge < -0.3 is 10.5 Å². The van der Waals surface area contributed by atoms with Gasteiger partial charge in [0.25, 0.3) is 0 Å². The number of nitrogen functional groups attached to an aromatic ring is 1. The summed E-state index contributed by atoms with van der Waals surface area (Å²) in [6.45, 7) is 1.83. The number of aromatic nitrogens is 1. The van der Waals surface area contributed by atoms with Crippen molar-refractivity contribution in [1.29, 1.82) is 0 Å². The molecule has 0 bridgehead atoms. The summed E-state index contributed by atoms with van der Waals surface area (Å²) in [6, 6.07) is 5.78. The van der Waals surface area contributed by atoms with Crippen molar-refractivity contribution < 1.29 is 9.66 Å². The fourth-order valence-corrected chi connectivity index (χ4v) is 1.65. The largest absolute Gasteiger partial charge is 0.430 e. The maximum atomic E-state index is 10.9. The van der Waals surface area contributed by atoms with E-state index in [4.69, 9.17) is 22.1 Å². The van der Waals surface area contributed by atoms with Gasteiger partial charge in [0.15, 0.2) is 0 Å². The van der Waals surface area contributed by atoms with Crippen LogP contribution >= 0.6 is 11.6 Å². The summed E-state index contributed by atoms with van der Waals surface area (Å²) < 4.78 is 5.38. The normalized spacial score (nSPS) is 10.2. The first-order valence-corrected chi connectivity index (χ1v) is 5.69. The second kappa shape index (κ2) is 5.11. The number of benzene rings is 1. The molecule has 98 valence electrons. The molecular weight excluding hydrogens is 270 g/mol. The third-order valence-electron chi connectivity index (χ3n) is 2.34. The predicted molar refractivity (Wildman–Crippen MR) is 71.6 cm³/mol. The van der Waals surface area contributed by atoms with E-state index in [1.807, 2.05) is 6.92 Å². The summed E-state index contributed by atoms with van der Waals surface area (Å²) in [5, 5.41) is 11.2. The van der Waals surface area contributed by atoms with Gasteiger partial charge in [-0.15, -0.1) is 0 Å². The average Bonchev–Trinajstić information content (AvgIpc) is 2.34. The van der Waals surface area contributed by atoms with Gasteiger partial charge in [-0.1, -0.05) is 11.6 Å².